The number of carbonyl (C=O) groups excluding carboxylic acids is 1. The summed E-state index contributed by atoms with van der Waals surface area (Å²) in [7, 11) is 0. The van der Waals surface area contributed by atoms with E-state index in [-0.39, 0.29) is 5.91 Å². The van der Waals surface area contributed by atoms with Crippen molar-refractivity contribution in [3.8, 4) is 0 Å². The van der Waals surface area contributed by atoms with Gasteiger partial charge in [0.15, 0.2) is 0 Å². The Morgan fingerprint density at radius 3 is 2.75 bits per heavy atom. The zero-order valence-corrected chi connectivity index (χ0v) is 10.4. The Bertz CT molecular complexity index is 443. The highest BCUT2D eigenvalue weighted by atomic mass is 35.5. The fourth-order valence-electron chi connectivity index (χ4n) is 2.10. The van der Waals surface area contributed by atoms with E-state index in [1.807, 2.05) is 32.9 Å². The molecule has 1 aromatic rings. The SMILES string of the molecule is CCN1c2cc(Cl)ccc2NC(=O)C1(C)C. The number of amides is 1. The van der Waals surface area contributed by atoms with E-state index in [0.29, 0.717) is 5.02 Å². The molecule has 1 aliphatic rings. The largest absolute Gasteiger partial charge is 0.356 e. The molecule has 2 rings (SSSR count). The molecular weight excluding hydrogens is 224 g/mol. The van der Waals surface area contributed by atoms with E-state index in [0.717, 1.165) is 17.9 Å². The number of carbonyl (C=O) groups is 1. The minimum absolute atomic E-state index is 0.0178. The van der Waals surface area contributed by atoms with Crippen LogP contribution in [0.15, 0.2) is 18.2 Å². The zero-order valence-electron chi connectivity index (χ0n) is 9.67. The summed E-state index contributed by atoms with van der Waals surface area (Å²) in [5, 5.41) is 3.59. The van der Waals surface area contributed by atoms with Crippen molar-refractivity contribution in [2.24, 2.45) is 0 Å². The Kier molecular flexibility index (Phi) is 2.58. The molecule has 86 valence electrons. The van der Waals surface area contributed by atoms with E-state index < -0.39 is 5.54 Å². The van der Waals surface area contributed by atoms with Gasteiger partial charge in [-0.05, 0) is 39.0 Å². The maximum atomic E-state index is 11.9. The first-order valence-corrected chi connectivity index (χ1v) is 5.73. The summed E-state index contributed by atoms with van der Waals surface area (Å²) in [6.07, 6.45) is 0. The van der Waals surface area contributed by atoms with E-state index in [2.05, 4.69) is 10.2 Å². The molecule has 0 atom stereocenters. The third-order valence-electron chi connectivity index (χ3n) is 3.05. The van der Waals surface area contributed by atoms with E-state index in [4.69, 9.17) is 11.6 Å². The maximum absolute atomic E-state index is 11.9. The van der Waals surface area contributed by atoms with Crippen molar-refractivity contribution in [3.63, 3.8) is 0 Å². The lowest BCUT2D eigenvalue weighted by molar-refractivity contribution is -0.120. The molecule has 0 radical (unpaired) electrons. The normalized spacial score (nSPS) is 18.0. The standard InChI is InChI=1S/C12H15ClN2O/c1-4-15-10-7-8(13)5-6-9(10)14-11(16)12(15,2)3/h5-7H,4H2,1-3H3,(H,14,16). The van der Waals surface area contributed by atoms with Gasteiger partial charge in [0.1, 0.15) is 5.54 Å². The number of nitrogens with one attached hydrogen (secondary N) is 1. The van der Waals surface area contributed by atoms with E-state index >= 15 is 0 Å². The third-order valence-corrected chi connectivity index (χ3v) is 3.28. The number of fused-ring (bicyclic) bond motifs is 1. The van der Waals surface area contributed by atoms with Gasteiger partial charge >= 0.3 is 0 Å². The molecule has 1 amide bonds. The summed E-state index contributed by atoms with van der Waals surface area (Å²) in [6, 6.07) is 5.52. The first-order valence-electron chi connectivity index (χ1n) is 5.35. The molecule has 3 nitrogen and oxygen atoms in total. The summed E-state index contributed by atoms with van der Waals surface area (Å²) >= 11 is 5.99. The van der Waals surface area contributed by atoms with E-state index in [1.165, 1.54) is 0 Å². The lowest BCUT2D eigenvalue weighted by Crippen LogP contribution is -2.56. The van der Waals surface area contributed by atoms with Crippen LogP contribution in [0, 0.1) is 0 Å². The van der Waals surface area contributed by atoms with Crippen molar-refractivity contribution in [2.45, 2.75) is 26.3 Å². The number of hydrogen-bond acceptors (Lipinski definition) is 2. The molecule has 0 fully saturated rings. The molecule has 1 N–H and O–H groups in total. The number of nitrogens with zero attached hydrogens (tertiary/aromatic N) is 1. The van der Waals surface area contributed by atoms with Crippen molar-refractivity contribution in [1.82, 2.24) is 0 Å². The minimum Gasteiger partial charge on any atom is -0.356 e. The van der Waals surface area contributed by atoms with Gasteiger partial charge in [0, 0.05) is 11.6 Å². The molecule has 1 aliphatic heterocycles. The van der Waals surface area contributed by atoms with Crippen LogP contribution in [0.5, 0.6) is 0 Å². The molecule has 0 saturated heterocycles. The highest BCUT2D eigenvalue weighted by Crippen LogP contribution is 2.37. The number of rotatable bonds is 1. The van der Waals surface area contributed by atoms with Gasteiger partial charge in [-0.2, -0.15) is 0 Å². The van der Waals surface area contributed by atoms with Gasteiger partial charge in [-0.25, -0.2) is 0 Å². The van der Waals surface area contributed by atoms with Crippen molar-refractivity contribution < 1.29 is 4.79 Å². The third kappa shape index (κ3) is 1.55. The van der Waals surface area contributed by atoms with Crippen LogP contribution in [0.4, 0.5) is 11.4 Å². The second kappa shape index (κ2) is 3.67. The quantitative estimate of drug-likeness (QED) is 0.816. The second-order valence-corrected chi connectivity index (χ2v) is 4.86. The van der Waals surface area contributed by atoms with E-state index in [1.54, 1.807) is 6.07 Å². The van der Waals surface area contributed by atoms with Gasteiger partial charge in [-0.15, -0.1) is 0 Å². The van der Waals surface area contributed by atoms with Crippen LogP contribution in [0.3, 0.4) is 0 Å². The lowest BCUT2D eigenvalue weighted by atomic mass is 9.96. The molecule has 0 aliphatic carbocycles. The summed E-state index contributed by atoms with van der Waals surface area (Å²) in [5.41, 5.74) is 1.28. The van der Waals surface area contributed by atoms with Crippen molar-refractivity contribution in [1.29, 1.82) is 0 Å². The molecule has 16 heavy (non-hydrogen) atoms. The Hall–Kier alpha value is -1.22. The number of likely N-dealkylation sites (N-methyl/N-ethyl adjacent to an activating group) is 1. The van der Waals surface area contributed by atoms with Crippen molar-refractivity contribution in [2.75, 3.05) is 16.8 Å². The van der Waals surface area contributed by atoms with Crippen molar-refractivity contribution >= 4 is 28.9 Å². The van der Waals surface area contributed by atoms with Crippen molar-refractivity contribution in [3.05, 3.63) is 23.2 Å². The molecule has 0 spiro atoms. The Balaban J connectivity index is 2.58. The molecule has 0 unspecified atom stereocenters. The van der Waals surface area contributed by atoms with Gasteiger partial charge in [-0.3, -0.25) is 4.79 Å². The Labute approximate surface area is 100 Å². The molecule has 0 aromatic heterocycles. The highest BCUT2D eigenvalue weighted by Gasteiger charge is 2.39. The van der Waals surface area contributed by atoms with Gasteiger partial charge in [0.2, 0.25) is 5.91 Å². The average molecular weight is 239 g/mol. The summed E-state index contributed by atoms with van der Waals surface area (Å²) in [4.78, 5) is 14.0. The predicted molar refractivity (Wildman–Crippen MR) is 67.2 cm³/mol. The van der Waals surface area contributed by atoms with Gasteiger partial charge < -0.3 is 10.2 Å². The average Bonchev–Trinajstić information content (AvgIpc) is 2.21. The Morgan fingerprint density at radius 2 is 2.12 bits per heavy atom. The van der Waals surface area contributed by atoms with Crippen LogP contribution in [0.1, 0.15) is 20.8 Å². The highest BCUT2D eigenvalue weighted by molar-refractivity contribution is 6.31. The van der Waals surface area contributed by atoms with E-state index in [9.17, 15) is 4.79 Å². The smallest absolute Gasteiger partial charge is 0.249 e. The summed E-state index contributed by atoms with van der Waals surface area (Å²) < 4.78 is 0. The minimum atomic E-state index is -0.535. The molecule has 1 heterocycles. The first kappa shape index (κ1) is 11.3. The van der Waals surface area contributed by atoms with Gasteiger partial charge in [-0.1, -0.05) is 11.6 Å². The van der Waals surface area contributed by atoms with Crippen LogP contribution in [0.2, 0.25) is 5.02 Å². The number of hydrogen-bond donors (Lipinski definition) is 1. The maximum Gasteiger partial charge on any atom is 0.249 e. The molecular formula is C12H15ClN2O. The van der Waals surface area contributed by atoms with Gasteiger partial charge in [0.05, 0.1) is 11.4 Å². The fraction of sp³-hybridized carbons (Fsp3) is 0.417. The lowest BCUT2D eigenvalue weighted by Gasteiger charge is -2.43. The van der Waals surface area contributed by atoms with Crippen LogP contribution >= 0.6 is 11.6 Å². The zero-order chi connectivity index (χ0) is 11.9. The topological polar surface area (TPSA) is 32.3 Å². The predicted octanol–water partition coefficient (Wildman–Crippen LogP) is 2.90. The van der Waals surface area contributed by atoms with Crippen LogP contribution < -0.4 is 10.2 Å². The van der Waals surface area contributed by atoms with Gasteiger partial charge in [0.25, 0.3) is 0 Å². The van der Waals surface area contributed by atoms with Crippen LogP contribution in [0.25, 0.3) is 0 Å². The molecule has 0 saturated carbocycles. The Morgan fingerprint density at radius 1 is 1.44 bits per heavy atom. The molecule has 4 heteroatoms. The first-order chi connectivity index (χ1) is 7.46. The number of benzene rings is 1. The monoisotopic (exact) mass is 238 g/mol. The number of anilines is 2. The summed E-state index contributed by atoms with van der Waals surface area (Å²) in [6.45, 7) is 6.63. The van der Waals surface area contributed by atoms with Crippen LogP contribution in [-0.4, -0.2) is 18.0 Å². The molecule has 0 bridgehead atoms. The van der Waals surface area contributed by atoms with Crippen LogP contribution in [-0.2, 0) is 4.79 Å². The second-order valence-electron chi connectivity index (χ2n) is 4.42. The summed E-state index contributed by atoms with van der Waals surface area (Å²) in [5.74, 6) is 0.0178. The molecule has 1 aromatic carbocycles. The number of halogens is 1. The fourth-order valence-corrected chi connectivity index (χ4v) is 2.26.